The highest BCUT2D eigenvalue weighted by Crippen LogP contribution is 2.22. The van der Waals surface area contributed by atoms with E-state index in [4.69, 9.17) is 0 Å². The molecule has 2 nitrogen and oxygen atoms in total. The maximum Gasteiger partial charge on any atom is 0.0932 e. The third kappa shape index (κ3) is 1.39. The van der Waals surface area contributed by atoms with Gasteiger partial charge in [0.05, 0.1) is 11.7 Å². The van der Waals surface area contributed by atoms with Crippen LogP contribution in [0.25, 0.3) is 10.9 Å². The first-order chi connectivity index (χ1) is 6.29. The third-order valence-electron chi connectivity index (χ3n) is 2.21. The van der Waals surface area contributed by atoms with Crippen molar-refractivity contribution >= 4 is 10.9 Å². The molecule has 0 spiro atoms. The van der Waals surface area contributed by atoms with Crippen LogP contribution < -0.4 is 0 Å². The molecule has 0 radical (unpaired) electrons. The molecule has 0 bridgehead atoms. The van der Waals surface area contributed by atoms with Gasteiger partial charge in [0.15, 0.2) is 0 Å². The van der Waals surface area contributed by atoms with Gasteiger partial charge in [0.1, 0.15) is 0 Å². The molecular formula is C11H12N2. The van der Waals surface area contributed by atoms with Gasteiger partial charge < -0.3 is 0 Å². The number of fused-ring (bicyclic) bond motifs is 1. The Balaban J connectivity index is 2.76. The molecule has 0 unspecified atom stereocenters. The molecule has 1 aromatic heterocycles. The average Bonchev–Trinajstić information content (AvgIpc) is 2.17. The number of hydrogen-bond donors (Lipinski definition) is 0. The van der Waals surface area contributed by atoms with Crippen molar-refractivity contribution in [3.63, 3.8) is 0 Å². The first-order valence-corrected chi connectivity index (χ1v) is 4.49. The summed E-state index contributed by atoms with van der Waals surface area (Å²) >= 11 is 0. The molecule has 1 heterocycles. The van der Waals surface area contributed by atoms with E-state index in [2.05, 4.69) is 30.1 Å². The SMILES string of the molecule is CC(C)c1cccc2nnccc12. The Morgan fingerprint density at radius 2 is 2.00 bits per heavy atom. The van der Waals surface area contributed by atoms with Gasteiger partial charge in [0.2, 0.25) is 0 Å². The molecule has 0 aliphatic carbocycles. The van der Waals surface area contributed by atoms with Crippen LogP contribution in [0.3, 0.4) is 0 Å². The van der Waals surface area contributed by atoms with Gasteiger partial charge in [-0.15, -0.1) is 0 Å². The minimum absolute atomic E-state index is 0.535. The lowest BCUT2D eigenvalue weighted by Crippen LogP contribution is -1.91. The second kappa shape index (κ2) is 3.13. The van der Waals surface area contributed by atoms with Gasteiger partial charge >= 0.3 is 0 Å². The second-order valence-corrected chi connectivity index (χ2v) is 3.47. The molecule has 0 aliphatic heterocycles. The zero-order valence-electron chi connectivity index (χ0n) is 7.86. The van der Waals surface area contributed by atoms with Crippen LogP contribution in [0.1, 0.15) is 25.3 Å². The molecule has 0 aliphatic rings. The fourth-order valence-electron chi connectivity index (χ4n) is 1.55. The first-order valence-electron chi connectivity index (χ1n) is 4.49. The highest BCUT2D eigenvalue weighted by atomic mass is 15.1. The lowest BCUT2D eigenvalue weighted by Gasteiger charge is -2.07. The Hall–Kier alpha value is -1.44. The monoisotopic (exact) mass is 172 g/mol. The highest BCUT2D eigenvalue weighted by Gasteiger charge is 2.04. The molecule has 13 heavy (non-hydrogen) atoms. The van der Waals surface area contributed by atoms with Gasteiger partial charge in [-0.05, 0) is 23.6 Å². The normalized spacial score (nSPS) is 11.0. The van der Waals surface area contributed by atoms with Crippen molar-refractivity contribution in [2.75, 3.05) is 0 Å². The van der Waals surface area contributed by atoms with Gasteiger partial charge in [0.25, 0.3) is 0 Å². The topological polar surface area (TPSA) is 25.8 Å². The van der Waals surface area contributed by atoms with Crippen molar-refractivity contribution < 1.29 is 0 Å². The molecule has 1 aromatic carbocycles. The van der Waals surface area contributed by atoms with Gasteiger partial charge in [-0.25, -0.2) is 0 Å². The van der Waals surface area contributed by atoms with E-state index in [-0.39, 0.29) is 0 Å². The zero-order valence-corrected chi connectivity index (χ0v) is 7.86. The summed E-state index contributed by atoms with van der Waals surface area (Å²) in [7, 11) is 0. The van der Waals surface area contributed by atoms with Crippen LogP contribution in [0, 0.1) is 0 Å². The van der Waals surface area contributed by atoms with Crippen LogP contribution >= 0.6 is 0 Å². The Morgan fingerprint density at radius 3 is 2.77 bits per heavy atom. The van der Waals surface area contributed by atoms with E-state index in [1.165, 1.54) is 10.9 Å². The minimum Gasteiger partial charge on any atom is -0.159 e. The summed E-state index contributed by atoms with van der Waals surface area (Å²) in [5, 5.41) is 9.15. The summed E-state index contributed by atoms with van der Waals surface area (Å²) in [4.78, 5) is 0. The standard InChI is InChI=1S/C11H12N2/c1-8(2)9-4-3-5-11-10(9)6-7-12-13-11/h3-8H,1-2H3. The Kier molecular flexibility index (Phi) is 1.97. The zero-order chi connectivity index (χ0) is 9.26. The summed E-state index contributed by atoms with van der Waals surface area (Å²) < 4.78 is 0. The fraction of sp³-hybridized carbons (Fsp3) is 0.273. The predicted molar refractivity (Wildman–Crippen MR) is 53.6 cm³/mol. The van der Waals surface area contributed by atoms with E-state index < -0.39 is 0 Å². The van der Waals surface area contributed by atoms with Crippen molar-refractivity contribution in [1.29, 1.82) is 0 Å². The molecule has 0 fully saturated rings. The van der Waals surface area contributed by atoms with E-state index in [0.717, 1.165) is 5.52 Å². The van der Waals surface area contributed by atoms with E-state index in [1.807, 2.05) is 18.2 Å². The summed E-state index contributed by atoms with van der Waals surface area (Å²) in [6, 6.07) is 8.20. The van der Waals surface area contributed by atoms with Crippen molar-refractivity contribution in [1.82, 2.24) is 10.2 Å². The number of aromatic nitrogens is 2. The van der Waals surface area contributed by atoms with Crippen LogP contribution in [-0.2, 0) is 0 Å². The molecule has 66 valence electrons. The largest absolute Gasteiger partial charge is 0.159 e. The Labute approximate surface area is 77.6 Å². The average molecular weight is 172 g/mol. The molecular weight excluding hydrogens is 160 g/mol. The van der Waals surface area contributed by atoms with Gasteiger partial charge in [-0.1, -0.05) is 26.0 Å². The summed E-state index contributed by atoms with van der Waals surface area (Å²) in [6.45, 7) is 4.38. The second-order valence-electron chi connectivity index (χ2n) is 3.47. The third-order valence-corrected chi connectivity index (χ3v) is 2.21. The molecule has 0 saturated carbocycles. The fourth-order valence-corrected chi connectivity index (χ4v) is 1.55. The van der Waals surface area contributed by atoms with E-state index in [9.17, 15) is 0 Å². The van der Waals surface area contributed by atoms with E-state index in [0.29, 0.717) is 5.92 Å². The lowest BCUT2D eigenvalue weighted by molar-refractivity contribution is 0.874. The molecule has 2 rings (SSSR count). The maximum atomic E-state index is 4.07. The molecule has 2 aromatic rings. The van der Waals surface area contributed by atoms with Gasteiger partial charge in [-0.3, -0.25) is 0 Å². The van der Waals surface area contributed by atoms with Crippen LogP contribution in [0.5, 0.6) is 0 Å². The Morgan fingerprint density at radius 1 is 1.15 bits per heavy atom. The molecule has 2 heteroatoms. The summed E-state index contributed by atoms with van der Waals surface area (Å²) in [5.74, 6) is 0.535. The lowest BCUT2D eigenvalue weighted by atomic mass is 9.99. The molecule has 0 saturated heterocycles. The first kappa shape index (κ1) is 8.17. The highest BCUT2D eigenvalue weighted by molar-refractivity contribution is 5.81. The van der Waals surface area contributed by atoms with Crippen molar-refractivity contribution in [3.8, 4) is 0 Å². The van der Waals surface area contributed by atoms with Gasteiger partial charge in [0, 0.05) is 5.39 Å². The van der Waals surface area contributed by atoms with Crippen LogP contribution in [0.2, 0.25) is 0 Å². The Bertz CT molecular complexity index is 416. The predicted octanol–water partition coefficient (Wildman–Crippen LogP) is 2.75. The van der Waals surface area contributed by atoms with Crippen LogP contribution in [0.15, 0.2) is 30.5 Å². The molecule has 0 amide bonds. The number of hydrogen-bond acceptors (Lipinski definition) is 2. The molecule has 0 atom stereocenters. The number of benzene rings is 1. The summed E-state index contributed by atoms with van der Waals surface area (Å²) in [6.07, 6.45) is 1.74. The van der Waals surface area contributed by atoms with Crippen molar-refractivity contribution in [2.24, 2.45) is 0 Å². The smallest absolute Gasteiger partial charge is 0.0932 e. The quantitative estimate of drug-likeness (QED) is 0.661. The van der Waals surface area contributed by atoms with Crippen molar-refractivity contribution in [2.45, 2.75) is 19.8 Å². The summed E-state index contributed by atoms with van der Waals surface area (Å²) in [5.41, 5.74) is 2.32. The molecule has 0 N–H and O–H groups in total. The van der Waals surface area contributed by atoms with Gasteiger partial charge in [-0.2, -0.15) is 10.2 Å². The number of nitrogens with zero attached hydrogens (tertiary/aromatic N) is 2. The van der Waals surface area contributed by atoms with E-state index in [1.54, 1.807) is 6.20 Å². The van der Waals surface area contributed by atoms with E-state index >= 15 is 0 Å². The van der Waals surface area contributed by atoms with Crippen molar-refractivity contribution in [3.05, 3.63) is 36.0 Å². The minimum atomic E-state index is 0.535. The maximum absolute atomic E-state index is 4.07. The number of rotatable bonds is 1. The van der Waals surface area contributed by atoms with Crippen LogP contribution in [0.4, 0.5) is 0 Å². The van der Waals surface area contributed by atoms with Crippen LogP contribution in [-0.4, -0.2) is 10.2 Å².